The average molecular weight is 155 g/mol. The number of carbonyl (C=O) groups is 1. The van der Waals surface area contributed by atoms with Gasteiger partial charge in [-0.05, 0) is 0 Å². The molecule has 0 spiro atoms. The Morgan fingerprint density at radius 3 is 2.00 bits per heavy atom. The number of alkyl halides is 2. The van der Waals surface area contributed by atoms with Crippen LogP contribution in [0.15, 0.2) is 0 Å². The van der Waals surface area contributed by atoms with E-state index in [0.29, 0.717) is 0 Å². The van der Waals surface area contributed by atoms with Gasteiger partial charge in [-0.1, -0.05) is 0 Å². The minimum atomic E-state index is -3.12. The van der Waals surface area contributed by atoms with E-state index in [-0.39, 0.29) is 0 Å². The van der Waals surface area contributed by atoms with Crippen LogP contribution in [0.25, 0.3) is 0 Å². The van der Waals surface area contributed by atoms with Gasteiger partial charge in [0.1, 0.15) is 12.1 Å². The van der Waals surface area contributed by atoms with Crippen molar-refractivity contribution in [2.24, 2.45) is 5.73 Å². The topological polar surface area (TPSA) is 83.6 Å². The van der Waals surface area contributed by atoms with Gasteiger partial charge in [-0.25, -0.2) is 8.78 Å². The van der Waals surface area contributed by atoms with E-state index in [1.54, 1.807) is 0 Å². The predicted molar refractivity (Wildman–Crippen MR) is 27.6 cm³/mol. The Morgan fingerprint density at radius 2 is 1.90 bits per heavy atom. The molecule has 0 aliphatic carbocycles. The molecule has 0 saturated carbocycles. The molecule has 0 aliphatic rings. The molecule has 0 radical (unpaired) electrons. The van der Waals surface area contributed by atoms with Crippen LogP contribution in [-0.4, -0.2) is 34.8 Å². The van der Waals surface area contributed by atoms with Crippen LogP contribution in [-0.2, 0) is 4.79 Å². The molecule has 2 atom stereocenters. The molecule has 0 aromatic carbocycles. The molecule has 0 saturated heterocycles. The van der Waals surface area contributed by atoms with E-state index in [2.05, 4.69) is 5.73 Å². The van der Waals surface area contributed by atoms with Crippen molar-refractivity contribution in [1.29, 1.82) is 0 Å². The lowest BCUT2D eigenvalue weighted by Gasteiger charge is -2.12. The zero-order valence-electron chi connectivity index (χ0n) is 4.87. The maximum atomic E-state index is 11.4. The molecule has 6 heteroatoms. The van der Waals surface area contributed by atoms with Crippen molar-refractivity contribution < 1.29 is 23.8 Å². The summed E-state index contributed by atoms with van der Waals surface area (Å²) in [6.45, 7) is 0. The zero-order chi connectivity index (χ0) is 8.31. The van der Waals surface area contributed by atoms with Gasteiger partial charge in [0, 0.05) is 0 Å². The highest BCUT2D eigenvalue weighted by Gasteiger charge is 2.29. The maximum Gasteiger partial charge on any atom is 0.323 e. The second-order valence-corrected chi connectivity index (χ2v) is 1.69. The smallest absolute Gasteiger partial charge is 0.323 e. The van der Waals surface area contributed by atoms with Crippen molar-refractivity contribution in [1.82, 2.24) is 0 Å². The van der Waals surface area contributed by atoms with Gasteiger partial charge >= 0.3 is 5.97 Å². The third-order valence-corrected chi connectivity index (χ3v) is 0.911. The summed E-state index contributed by atoms with van der Waals surface area (Å²) in [5.41, 5.74) is 4.63. The Bertz CT molecular complexity index is 130. The number of aliphatic carboxylic acids is 1. The summed E-state index contributed by atoms with van der Waals surface area (Å²) in [6.07, 6.45) is -5.41. The van der Waals surface area contributed by atoms with Gasteiger partial charge in [0.15, 0.2) is 0 Å². The molecular weight excluding hydrogens is 148 g/mol. The summed E-state index contributed by atoms with van der Waals surface area (Å²) in [5.74, 6) is -1.65. The number of carboxylic acids is 1. The Labute approximate surface area is 55.3 Å². The van der Waals surface area contributed by atoms with Crippen LogP contribution in [0.2, 0.25) is 0 Å². The lowest BCUT2D eigenvalue weighted by atomic mass is 10.2. The van der Waals surface area contributed by atoms with Crippen LogP contribution >= 0.6 is 0 Å². The second-order valence-electron chi connectivity index (χ2n) is 1.69. The van der Waals surface area contributed by atoms with E-state index in [9.17, 15) is 13.6 Å². The number of rotatable bonds is 3. The third-order valence-electron chi connectivity index (χ3n) is 0.911. The van der Waals surface area contributed by atoms with Gasteiger partial charge in [-0.15, -0.1) is 0 Å². The Hall–Kier alpha value is -0.750. The van der Waals surface area contributed by atoms with E-state index in [1.807, 2.05) is 0 Å². The third kappa shape index (κ3) is 2.24. The number of hydrogen-bond donors (Lipinski definition) is 3. The molecule has 0 aromatic heterocycles. The lowest BCUT2D eigenvalue weighted by molar-refractivity contribution is -0.144. The largest absolute Gasteiger partial charge is 0.480 e. The quantitative estimate of drug-likeness (QED) is 0.489. The summed E-state index contributed by atoms with van der Waals surface area (Å²) in [6, 6.07) is -1.92. The van der Waals surface area contributed by atoms with E-state index in [0.717, 1.165) is 0 Å². The molecule has 60 valence electrons. The summed E-state index contributed by atoms with van der Waals surface area (Å²) < 4.78 is 22.9. The molecule has 0 bridgehead atoms. The van der Waals surface area contributed by atoms with Crippen LogP contribution < -0.4 is 5.73 Å². The molecule has 0 rings (SSSR count). The van der Waals surface area contributed by atoms with Gasteiger partial charge in [0.05, 0.1) is 0 Å². The van der Waals surface area contributed by atoms with E-state index in [4.69, 9.17) is 10.2 Å². The molecule has 0 aromatic rings. The number of aliphatic hydroxyl groups is 1. The summed E-state index contributed by atoms with van der Waals surface area (Å²) in [7, 11) is 0. The van der Waals surface area contributed by atoms with Crippen LogP contribution in [0.3, 0.4) is 0 Å². The van der Waals surface area contributed by atoms with Gasteiger partial charge in [0.25, 0.3) is 6.43 Å². The van der Waals surface area contributed by atoms with Gasteiger partial charge in [-0.3, -0.25) is 4.79 Å². The maximum absolute atomic E-state index is 11.4. The first-order chi connectivity index (χ1) is 4.46. The molecule has 4 nitrogen and oxygen atoms in total. The van der Waals surface area contributed by atoms with Crippen molar-refractivity contribution >= 4 is 5.97 Å². The van der Waals surface area contributed by atoms with Crippen molar-refractivity contribution in [2.45, 2.75) is 18.6 Å². The Morgan fingerprint density at radius 1 is 1.50 bits per heavy atom. The molecule has 0 unspecified atom stereocenters. The highest BCUT2D eigenvalue weighted by Crippen LogP contribution is 2.03. The summed E-state index contributed by atoms with van der Waals surface area (Å²) in [4.78, 5) is 9.83. The predicted octanol–water partition coefficient (Wildman–Crippen LogP) is -0.976. The zero-order valence-corrected chi connectivity index (χ0v) is 4.87. The lowest BCUT2D eigenvalue weighted by Crippen LogP contribution is -2.45. The average Bonchev–Trinajstić information content (AvgIpc) is 1.84. The van der Waals surface area contributed by atoms with Crippen molar-refractivity contribution in [3.8, 4) is 0 Å². The molecule has 10 heavy (non-hydrogen) atoms. The minimum Gasteiger partial charge on any atom is -0.480 e. The fraction of sp³-hybridized carbons (Fsp3) is 0.750. The SMILES string of the molecule is N[C@@H](C(=O)O)[C@@H](O)C(F)F. The highest BCUT2D eigenvalue weighted by molar-refractivity contribution is 5.73. The van der Waals surface area contributed by atoms with Crippen LogP contribution in [0, 0.1) is 0 Å². The van der Waals surface area contributed by atoms with Crippen molar-refractivity contribution in [3.63, 3.8) is 0 Å². The monoisotopic (exact) mass is 155 g/mol. The summed E-state index contributed by atoms with van der Waals surface area (Å²) in [5, 5.41) is 16.3. The van der Waals surface area contributed by atoms with Crippen molar-refractivity contribution in [3.05, 3.63) is 0 Å². The van der Waals surface area contributed by atoms with Crippen molar-refractivity contribution in [2.75, 3.05) is 0 Å². The van der Waals surface area contributed by atoms with E-state index >= 15 is 0 Å². The second kappa shape index (κ2) is 3.43. The van der Waals surface area contributed by atoms with Crippen LogP contribution in [0.5, 0.6) is 0 Å². The molecule has 0 heterocycles. The molecular formula is C4H7F2NO3. The van der Waals surface area contributed by atoms with Crippen LogP contribution in [0.4, 0.5) is 8.78 Å². The molecule has 0 aliphatic heterocycles. The fourth-order valence-corrected chi connectivity index (χ4v) is 0.303. The Balaban J connectivity index is 3.94. The number of halogens is 2. The standard InChI is InChI=1S/C4H7F2NO3/c5-3(6)2(8)1(7)4(9)10/h1-3,8H,7H2,(H,9,10)/t1-,2-/m1/s1. The summed E-state index contributed by atoms with van der Waals surface area (Å²) >= 11 is 0. The highest BCUT2D eigenvalue weighted by atomic mass is 19.3. The molecule has 0 fully saturated rings. The minimum absolute atomic E-state index is 1.65. The number of aliphatic hydroxyl groups excluding tert-OH is 1. The van der Waals surface area contributed by atoms with Gasteiger partial charge in [0.2, 0.25) is 0 Å². The number of carboxylic acid groups (broad SMARTS) is 1. The first-order valence-electron chi connectivity index (χ1n) is 2.41. The first kappa shape index (κ1) is 9.25. The van der Waals surface area contributed by atoms with E-state index < -0.39 is 24.5 Å². The Kier molecular flexibility index (Phi) is 3.17. The van der Waals surface area contributed by atoms with Gasteiger partial charge < -0.3 is 15.9 Å². The number of hydrogen-bond acceptors (Lipinski definition) is 3. The van der Waals surface area contributed by atoms with Crippen LogP contribution in [0.1, 0.15) is 0 Å². The normalized spacial score (nSPS) is 16.9. The number of nitrogens with two attached hydrogens (primary N) is 1. The molecule has 0 amide bonds. The van der Waals surface area contributed by atoms with E-state index in [1.165, 1.54) is 0 Å². The fourth-order valence-electron chi connectivity index (χ4n) is 0.303. The first-order valence-corrected chi connectivity index (χ1v) is 2.41. The molecule has 4 N–H and O–H groups in total. The van der Waals surface area contributed by atoms with Gasteiger partial charge in [-0.2, -0.15) is 0 Å².